The van der Waals surface area contributed by atoms with Crippen LogP contribution in [0.1, 0.15) is 63.9 Å². The van der Waals surface area contributed by atoms with Crippen molar-refractivity contribution in [2.75, 3.05) is 0 Å². The molecule has 1 atom stereocenters. The molecular weight excluding hydrogens is 226 g/mol. The quantitative estimate of drug-likeness (QED) is 0.862. The lowest BCUT2D eigenvalue weighted by molar-refractivity contribution is 0.134. The van der Waals surface area contributed by atoms with Crippen molar-refractivity contribution in [1.82, 2.24) is 4.98 Å². The molecule has 0 unspecified atom stereocenters. The van der Waals surface area contributed by atoms with Gasteiger partial charge in [-0.1, -0.05) is 26.8 Å². The summed E-state index contributed by atoms with van der Waals surface area (Å²) in [5, 5.41) is 20.2. The first-order valence-corrected chi connectivity index (χ1v) is 6.68. The smallest absolute Gasteiger partial charge is 0.107 e. The summed E-state index contributed by atoms with van der Waals surface area (Å²) >= 11 is 0. The van der Waals surface area contributed by atoms with Gasteiger partial charge in [-0.05, 0) is 43.2 Å². The predicted octanol–water partition coefficient (Wildman–Crippen LogP) is 2.92. The van der Waals surface area contributed by atoms with Crippen LogP contribution >= 0.6 is 0 Å². The van der Waals surface area contributed by atoms with Crippen molar-refractivity contribution in [1.29, 1.82) is 0 Å². The van der Waals surface area contributed by atoms with Gasteiger partial charge in [-0.25, -0.2) is 0 Å². The molecule has 0 radical (unpaired) electrons. The summed E-state index contributed by atoms with van der Waals surface area (Å²) in [6, 6.07) is 5.55. The van der Waals surface area contributed by atoms with Gasteiger partial charge in [0.25, 0.3) is 0 Å². The largest absolute Gasteiger partial charge is 0.387 e. The van der Waals surface area contributed by atoms with Crippen LogP contribution in [0.15, 0.2) is 18.2 Å². The minimum Gasteiger partial charge on any atom is -0.387 e. The molecule has 0 aromatic carbocycles. The molecule has 3 nitrogen and oxygen atoms in total. The van der Waals surface area contributed by atoms with Crippen LogP contribution in [0.4, 0.5) is 0 Å². The lowest BCUT2D eigenvalue weighted by Crippen LogP contribution is -2.12. The summed E-state index contributed by atoms with van der Waals surface area (Å²) in [7, 11) is 0. The SMILES string of the molecule is CC(C)(C)CC[C@H](O)c1cccc(C2(O)CC2)n1. The maximum atomic E-state index is 10.2. The number of nitrogens with zero attached hydrogens (tertiary/aromatic N) is 1. The summed E-state index contributed by atoms with van der Waals surface area (Å²) in [5.41, 5.74) is 0.874. The fourth-order valence-corrected chi connectivity index (χ4v) is 1.99. The van der Waals surface area contributed by atoms with E-state index in [0.717, 1.165) is 19.3 Å². The molecule has 1 heterocycles. The van der Waals surface area contributed by atoms with Gasteiger partial charge in [0, 0.05) is 0 Å². The van der Waals surface area contributed by atoms with Crippen LogP contribution in [0, 0.1) is 5.41 Å². The van der Waals surface area contributed by atoms with Crippen LogP contribution < -0.4 is 0 Å². The molecule has 1 aliphatic carbocycles. The Bertz CT molecular complexity index is 419. The van der Waals surface area contributed by atoms with E-state index in [4.69, 9.17) is 0 Å². The number of rotatable bonds is 4. The second-order valence-corrected chi connectivity index (χ2v) is 6.59. The maximum absolute atomic E-state index is 10.2. The van der Waals surface area contributed by atoms with Crippen LogP contribution in [-0.4, -0.2) is 15.2 Å². The van der Waals surface area contributed by atoms with E-state index in [9.17, 15) is 10.2 Å². The molecule has 100 valence electrons. The number of pyridine rings is 1. The maximum Gasteiger partial charge on any atom is 0.107 e. The van der Waals surface area contributed by atoms with Crippen molar-refractivity contribution < 1.29 is 10.2 Å². The fraction of sp³-hybridized carbons (Fsp3) is 0.667. The van der Waals surface area contributed by atoms with E-state index in [1.54, 1.807) is 0 Å². The molecule has 0 bridgehead atoms. The minimum absolute atomic E-state index is 0.216. The van der Waals surface area contributed by atoms with Gasteiger partial charge in [-0.3, -0.25) is 4.98 Å². The number of hydrogen-bond donors (Lipinski definition) is 2. The second kappa shape index (κ2) is 4.63. The molecule has 0 saturated heterocycles. The second-order valence-electron chi connectivity index (χ2n) is 6.59. The van der Waals surface area contributed by atoms with Crippen LogP contribution in [0.3, 0.4) is 0 Å². The van der Waals surface area contributed by atoms with E-state index < -0.39 is 11.7 Å². The van der Waals surface area contributed by atoms with Crippen molar-refractivity contribution in [3.8, 4) is 0 Å². The number of aliphatic hydroxyl groups excluding tert-OH is 1. The van der Waals surface area contributed by atoms with E-state index in [1.807, 2.05) is 18.2 Å². The van der Waals surface area contributed by atoms with Gasteiger partial charge in [0.1, 0.15) is 5.60 Å². The van der Waals surface area contributed by atoms with E-state index >= 15 is 0 Å². The highest BCUT2D eigenvalue weighted by Crippen LogP contribution is 2.44. The molecule has 0 spiro atoms. The zero-order valence-electron chi connectivity index (χ0n) is 11.5. The van der Waals surface area contributed by atoms with Crippen molar-refractivity contribution in [2.24, 2.45) is 5.41 Å². The summed E-state index contributed by atoms with van der Waals surface area (Å²) in [6.07, 6.45) is 2.68. The third-order valence-corrected chi connectivity index (χ3v) is 3.48. The molecule has 18 heavy (non-hydrogen) atoms. The molecule has 1 saturated carbocycles. The van der Waals surface area contributed by atoms with E-state index in [0.29, 0.717) is 17.8 Å². The van der Waals surface area contributed by atoms with Gasteiger partial charge >= 0.3 is 0 Å². The molecular formula is C15H23NO2. The average Bonchev–Trinajstić information content (AvgIpc) is 3.05. The third kappa shape index (κ3) is 3.30. The third-order valence-electron chi connectivity index (χ3n) is 3.48. The van der Waals surface area contributed by atoms with E-state index in [2.05, 4.69) is 25.8 Å². The van der Waals surface area contributed by atoms with Crippen molar-refractivity contribution in [2.45, 2.75) is 58.2 Å². The summed E-state index contributed by atoms with van der Waals surface area (Å²) in [6.45, 7) is 6.49. The molecule has 1 fully saturated rings. The number of aliphatic hydroxyl groups is 2. The Morgan fingerprint density at radius 3 is 2.56 bits per heavy atom. The minimum atomic E-state index is -0.722. The Kier molecular flexibility index (Phi) is 3.47. The van der Waals surface area contributed by atoms with Crippen LogP contribution in [0.25, 0.3) is 0 Å². The molecule has 0 aliphatic heterocycles. The Morgan fingerprint density at radius 2 is 2.00 bits per heavy atom. The lowest BCUT2D eigenvalue weighted by Gasteiger charge is -2.20. The van der Waals surface area contributed by atoms with E-state index in [1.165, 1.54) is 0 Å². The summed E-state index contributed by atoms with van der Waals surface area (Å²) in [5.74, 6) is 0. The molecule has 2 rings (SSSR count). The van der Waals surface area contributed by atoms with Gasteiger partial charge in [-0.15, -0.1) is 0 Å². The van der Waals surface area contributed by atoms with E-state index in [-0.39, 0.29) is 5.41 Å². The molecule has 0 amide bonds. The monoisotopic (exact) mass is 249 g/mol. The lowest BCUT2D eigenvalue weighted by atomic mass is 9.88. The zero-order chi connectivity index (χ0) is 13.4. The molecule has 3 heteroatoms. The Morgan fingerprint density at radius 1 is 1.33 bits per heavy atom. The fourth-order valence-electron chi connectivity index (χ4n) is 1.99. The molecule has 2 N–H and O–H groups in total. The number of hydrogen-bond acceptors (Lipinski definition) is 3. The average molecular weight is 249 g/mol. The first-order valence-electron chi connectivity index (χ1n) is 6.68. The first kappa shape index (κ1) is 13.5. The van der Waals surface area contributed by atoms with Crippen LogP contribution in [0.5, 0.6) is 0 Å². The Labute approximate surface area is 109 Å². The highest BCUT2D eigenvalue weighted by Gasteiger charge is 2.43. The Hall–Kier alpha value is -0.930. The zero-order valence-corrected chi connectivity index (χ0v) is 11.5. The Balaban J connectivity index is 2.04. The summed E-state index contributed by atoms with van der Waals surface area (Å²) < 4.78 is 0. The van der Waals surface area contributed by atoms with Crippen molar-refractivity contribution in [3.63, 3.8) is 0 Å². The molecule has 1 aliphatic rings. The predicted molar refractivity (Wildman–Crippen MR) is 71.0 cm³/mol. The molecule has 1 aromatic heterocycles. The first-order chi connectivity index (χ1) is 8.30. The number of aromatic nitrogens is 1. The van der Waals surface area contributed by atoms with Gasteiger partial charge < -0.3 is 10.2 Å². The molecule has 1 aromatic rings. The van der Waals surface area contributed by atoms with Gasteiger partial charge in [0.2, 0.25) is 0 Å². The highest BCUT2D eigenvalue weighted by molar-refractivity contribution is 5.22. The highest BCUT2D eigenvalue weighted by atomic mass is 16.3. The summed E-state index contributed by atoms with van der Waals surface area (Å²) in [4.78, 5) is 4.41. The van der Waals surface area contributed by atoms with Gasteiger partial charge in [0.05, 0.1) is 17.5 Å². The van der Waals surface area contributed by atoms with Crippen molar-refractivity contribution in [3.05, 3.63) is 29.6 Å². The van der Waals surface area contributed by atoms with Gasteiger partial charge in [0.15, 0.2) is 0 Å². The van der Waals surface area contributed by atoms with Crippen molar-refractivity contribution >= 4 is 0 Å². The standard InChI is InChI=1S/C15H23NO2/c1-14(2,3)8-7-12(17)11-5-4-6-13(16-11)15(18)9-10-15/h4-6,12,17-18H,7-10H2,1-3H3/t12-/m0/s1. The van der Waals surface area contributed by atoms with Crippen LogP contribution in [-0.2, 0) is 5.60 Å². The van der Waals surface area contributed by atoms with Gasteiger partial charge in [-0.2, -0.15) is 0 Å². The topological polar surface area (TPSA) is 53.4 Å². The normalized spacial score (nSPS) is 19.6. The van der Waals surface area contributed by atoms with Crippen LogP contribution in [0.2, 0.25) is 0 Å².